The maximum Gasteiger partial charge on any atom is 0.0979 e. The van der Waals surface area contributed by atoms with Crippen LogP contribution in [0.4, 0.5) is 0 Å². The van der Waals surface area contributed by atoms with Gasteiger partial charge in [-0.15, -0.1) is 0 Å². The van der Waals surface area contributed by atoms with Gasteiger partial charge in [-0.1, -0.05) is 152 Å². The van der Waals surface area contributed by atoms with E-state index in [1.807, 2.05) is 24.3 Å². The molecule has 0 radical (unpaired) electrons. The number of fused-ring (bicyclic) bond motifs is 4. The lowest BCUT2D eigenvalue weighted by Crippen LogP contribution is -2.20. The highest BCUT2D eigenvalue weighted by atomic mass is 31.1. The van der Waals surface area contributed by atoms with Crippen LogP contribution in [-0.4, -0.2) is 9.97 Å². The zero-order chi connectivity index (χ0) is 29.7. The number of benzene rings is 7. The first-order valence-corrected chi connectivity index (χ1v) is 16.6. The van der Waals surface area contributed by atoms with E-state index in [2.05, 4.69) is 140 Å². The van der Waals surface area contributed by atoms with Crippen molar-refractivity contribution in [3.63, 3.8) is 0 Å². The topological polar surface area (TPSA) is 25.8 Å². The minimum atomic E-state index is -0.616. The minimum Gasteiger partial charge on any atom is -0.244 e. The molecule has 0 atom stereocenters. The summed E-state index contributed by atoms with van der Waals surface area (Å²) < 4.78 is 0. The molecule has 0 fully saturated rings. The predicted octanol–water partition coefficient (Wildman–Crippen LogP) is 9.52. The summed E-state index contributed by atoms with van der Waals surface area (Å²) in [5.74, 6) is 0. The van der Waals surface area contributed by atoms with Crippen molar-refractivity contribution in [3.05, 3.63) is 164 Å². The van der Waals surface area contributed by atoms with Gasteiger partial charge in [-0.2, -0.15) is 0 Å². The molecule has 0 spiro atoms. The number of hydrogen-bond donors (Lipinski definition) is 0. The second-order valence-corrected chi connectivity index (χ2v) is 13.6. The molecule has 0 amide bonds. The van der Waals surface area contributed by atoms with Gasteiger partial charge in [-0.05, 0) is 63.6 Å². The van der Waals surface area contributed by atoms with Crippen LogP contribution in [0.3, 0.4) is 0 Å². The summed E-state index contributed by atoms with van der Waals surface area (Å²) in [6.45, 7) is 0. The molecular formula is C42H27N2P. The Balaban J connectivity index is 1.06. The van der Waals surface area contributed by atoms with Crippen molar-refractivity contribution in [1.29, 1.82) is 0 Å². The molecule has 0 aliphatic heterocycles. The van der Waals surface area contributed by atoms with Gasteiger partial charge in [0.2, 0.25) is 0 Å². The summed E-state index contributed by atoms with van der Waals surface area (Å²) in [5.41, 5.74) is 11.0. The molecule has 0 saturated carbocycles. The number of nitrogens with zero attached hydrogens (tertiary/aromatic N) is 2. The highest BCUT2D eigenvalue weighted by molar-refractivity contribution is 7.79. The van der Waals surface area contributed by atoms with Gasteiger partial charge in [0.25, 0.3) is 0 Å². The van der Waals surface area contributed by atoms with Gasteiger partial charge < -0.3 is 0 Å². The molecule has 0 unspecified atom stereocenters. The van der Waals surface area contributed by atoms with Crippen molar-refractivity contribution in [1.82, 2.24) is 9.97 Å². The molecule has 9 rings (SSSR count). The average Bonchev–Trinajstić information content (AvgIpc) is 3.42. The van der Waals surface area contributed by atoms with Gasteiger partial charge in [0.1, 0.15) is 0 Å². The molecule has 45 heavy (non-hydrogen) atoms. The molecule has 1 aromatic heterocycles. The number of hydrogen-bond acceptors (Lipinski definition) is 2. The molecule has 7 aromatic carbocycles. The van der Waals surface area contributed by atoms with Crippen LogP contribution in [-0.2, 0) is 0 Å². The van der Waals surface area contributed by atoms with Crippen LogP contribution in [0.1, 0.15) is 0 Å². The fraction of sp³-hybridized carbons (Fsp3) is 0. The third-order valence-electron chi connectivity index (χ3n) is 8.80. The van der Waals surface area contributed by atoms with Gasteiger partial charge in [0.05, 0.1) is 22.4 Å². The summed E-state index contributed by atoms with van der Waals surface area (Å²) in [6.07, 6.45) is 0. The van der Waals surface area contributed by atoms with E-state index >= 15 is 0 Å². The van der Waals surface area contributed by atoms with Crippen LogP contribution in [0.25, 0.3) is 66.6 Å². The van der Waals surface area contributed by atoms with Crippen LogP contribution < -0.4 is 15.9 Å². The van der Waals surface area contributed by atoms with Gasteiger partial charge in [-0.3, -0.25) is 0 Å². The largest absolute Gasteiger partial charge is 0.244 e. The zero-order valence-corrected chi connectivity index (χ0v) is 25.3. The first kappa shape index (κ1) is 26.0. The molecule has 0 N–H and O–H groups in total. The van der Waals surface area contributed by atoms with Crippen molar-refractivity contribution < 1.29 is 0 Å². The highest BCUT2D eigenvalue weighted by Gasteiger charge is 2.26. The van der Waals surface area contributed by atoms with E-state index in [0.717, 1.165) is 22.4 Å². The minimum absolute atomic E-state index is 0.616. The lowest BCUT2D eigenvalue weighted by atomic mass is 9.93. The van der Waals surface area contributed by atoms with Crippen LogP contribution in [0.5, 0.6) is 0 Å². The third-order valence-corrected chi connectivity index (χ3v) is 11.2. The first-order valence-electron chi connectivity index (χ1n) is 15.3. The van der Waals surface area contributed by atoms with Gasteiger partial charge >= 0.3 is 0 Å². The van der Waals surface area contributed by atoms with Crippen molar-refractivity contribution >= 4 is 45.6 Å². The fourth-order valence-corrected chi connectivity index (χ4v) is 8.96. The Morgan fingerprint density at radius 1 is 0.333 bits per heavy atom. The molecule has 1 aliphatic carbocycles. The van der Waals surface area contributed by atoms with E-state index in [0.29, 0.717) is 0 Å². The molecule has 1 heterocycles. The monoisotopic (exact) mass is 590 g/mol. The second kappa shape index (κ2) is 10.6. The quantitative estimate of drug-likeness (QED) is 0.187. The summed E-state index contributed by atoms with van der Waals surface area (Å²) in [4.78, 5) is 10.1. The molecule has 2 nitrogen and oxygen atoms in total. The summed E-state index contributed by atoms with van der Waals surface area (Å²) in [7, 11) is -0.616. The zero-order valence-electron chi connectivity index (χ0n) is 24.4. The molecule has 8 aromatic rings. The average molecular weight is 591 g/mol. The highest BCUT2D eigenvalue weighted by Crippen LogP contribution is 2.48. The van der Waals surface area contributed by atoms with Gasteiger partial charge in [-0.25, -0.2) is 9.97 Å². The van der Waals surface area contributed by atoms with Crippen LogP contribution >= 0.6 is 7.92 Å². The van der Waals surface area contributed by atoms with E-state index in [1.165, 1.54) is 60.1 Å². The molecular weight excluding hydrogens is 563 g/mol. The smallest absolute Gasteiger partial charge is 0.0979 e. The summed E-state index contributed by atoms with van der Waals surface area (Å²) in [5, 5.41) is 6.57. The molecule has 0 saturated heterocycles. The van der Waals surface area contributed by atoms with E-state index in [-0.39, 0.29) is 0 Å². The lowest BCUT2D eigenvalue weighted by Gasteiger charge is -2.19. The Morgan fingerprint density at radius 2 is 0.800 bits per heavy atom. The van der Waals surface area contributed by atoms with Crippen molar-refractivity contribution in [2.45, 2.75) is 0 Å². The summed E-state index contributed by atoms with van der Waals surface area (Å²) in [6, 6.07) is 59.0. The second-order valence-electron chi connectivity index (χ2n) is 11.4. The number of rotatable bonds is 5. The van der Waals surface area contributed by atoms with Gasteiger partial charge in [0, 0.05) is 16.5 Å². The van der Waals surface area contributed by atoms with Crippen molar-refractivity contribution in [2.24, 2.45) is 0 Å². The van der Waals surface area contributed by atoms with Crippen molar-refractivity contribution in [2.75, 3.05) is 0 Å². The predicted molar refractivity (Wildman–Crippen MR) is 191 cm³/mol. The van der Waals surface area contributed by atoms with Crippen LogP contribution in [0, 0.1) is 0 Å². The maximum atomic E-state index is 5.03. The van der Waals surface area contributed by atoms with E-state index in [9.17, 15) is 0 Å². The van der Waals surface area contributed by atoms with E-state index in [4.69, 9.17) is 9.97 Å². The number of aromatic nitrogens is 2. The van der Waals surface area contributed by atoms with Gasteiger partial charge in [0.15, 0.2) is 0 Å². The Bertz CT molecular complexity index is 2260. The SMILES string of the molecule is c1ccc(P(c2ccccc2)c2ccc(-c3ccc(-c4ccc5c6c(cccc46)-c4nc6ccccc6nc4-5)cc3)cc2)cc1. The van der Waals surface area contributed by atoms with E-state index in [1.54, 1.807) is 0 Å². The fourth-order valence-electron chi connectivity index (χ4n) is 6.68. The van der Waals surface area contributed by atoms with E-state index < -0.39 is 7.92 Å². The Morgan fingerprint density at radius 3 is 1.40 bits per heavy atom. The Hall–Kier alpha value is -5.43. The maximum absolute atomic E-state index is 5.03. The third kappa shape index (κ3) is 4.38. The standard InChI is InChI=1S/C42H27N2P/c1-3-10-31(11-4-1)45(32-12-5-2-6-13-32)33-24-22-29(23-25-33)28-18-20-30(21-19-28)34-26-27-37-40-35(34)14-9-15-36(40)41-42(37)44-39-17-8-7-16-38(39)43-41/h1-27H. The first-order chi connectivity index (χ1) is 22.3. The normalized spacial score (nSPS) is 11.8. The van der Waals surface area contributed by atoms with Crippen LogP contribution in [0.2, 0.25) is 0 Å². The molecule has 1 aliphatic rings. The molecule has 3 heteroatoms. The Labute approximate surface area is 263 Å². The molecule has 0 bridgehead atoms. The summed E-state index contributed by atoms with van der Waals surface area (Å²) >= 11 is 0. The number of para-hydroxylation sites is 2. The Kier molecular flexibility index (Phi) is 6.14. The van der Waals surface area contributed by atoms with Crippen LogP contribution in [0.15, 0.2) is 164 Å². The molecule has 210 valence electrons. The lowest BCUT2D eigenvalue weighted by molar-refractivity contribution is 1.32. The van der Waals surface area contributed by atoms with Crippen molar-refractivity contribution in [3.8, 4) is 44.8 Å².